The van der Waals surface area contributed by atoms with Gasteiger partial charge in [-0.1, -0.05) is 0 Å². The van der Waals surface area contributed by atoms with Gasteiger partial charge < -0.3 is 19.9 Å². The molecule has 0 unspecified atom stereocenters. The first-order valence-electron chi connectivity index (χ1n) is 11.4. The third kappa shape index (κ3) is 5.03. The number of hydrogen-bond acceptors (Lipinski definition) is 4. The van der Waals surface area contributed by atoms with Crippen LogP contribution in [0.1, 0.15) is 24.0 Å². The molecule has 182 valence electrons. The number of pyridine rings is 1. The first-order chi connectivity index (χ1) is 16.8. The van der Waals surface area contributed by atoms with E-state index >= 15 is 0 Å². The molecule has 1 aliphatic rings. The molecule has 2 aromatic carbocycles. The Morgan fingerprint density at radius 2 is 1.80 bits per heavy atom. The van der Waals surface area contributed by atoms with Crippen LogP contribution in [0.5, 0.6) is 5.75 Å². The number of aromatic amines is 1. The smallest absolute Gasteiger partial charge is 0.416 e. The van der Waals surface area contributed by atoms with E-state index in [1.54, 1.807) is 6.07 Å². The summed E-state index contributed by atoms with van der Waals surface area (Å²) in [5.74, 6) is 0.994. The maximum absolute atomic E-state index is 13.7. The van der Waals surface area contributed by atoms with Crippen molar-refractivity contribution in [1.29, 1.82) is 0 Å². The summed E-state index contributed by atoms with van der Waals surface area (Å²) < 4.78 is 57.9. The molecule has 0 saturated carbocycles. The third-order valence-corrected chi connectivity index (χ3v) is 6.25. The Kier molecular flexibility index (Phi) is 6.00. The molecule has 9 heteroatoms. The van der Waals surface area contributed by atoms with Crippen LogP contribution in [0.25, 0.3) is 10.9 Å². The van der Waals surface area contributed by atoms with Gasteiger partial charge in [-0.2, -0.15) is 13.2 Å². The molecule has 5 nitrogen and oxygen atoms in total. The van der Waals surface area contributed by atoms with Crippen LogP contribution in [-0.4, -0.2) is 29.2 Å². The zero-order chi connectivity index (χ0) is 24.6. The molecule has 1 saturated heterocycles. The summed E-state index contributed by atoms with van der Waals surface area (Å²) in [4.78, 5) is 9.67. The number of nitrogens with zero attached hydrogens (tertiary/aromatic N) is 2. The van der Waals surface area contributed by atoms with E-state index in [0.29, 0.717) is 24.2 Å². The molecular formula is C26H24F4N4O. The van der Waals surface area contributed by atoms with Crippen LogP contribution in [0.4, 0.5) is 34.8 Å². The van der Waals surface area contributed by atoms with Crippen molar-refractivity contribution < 1.29 is 22.3 Å². The average molecular weight is 484 g/mol. The Hall–Kier alpha value is -3.75. The predicted octanol–water partition coefficient (Wildman–Crippen LogP) is 6.82. The van der Waals surface area contributed by atoms with Gasteiger partial charge >= 0.3 is 6.18 Å². The fourth-order valence-corrected chi connectivity index (χ4v) is 4.26. The summed E-state index contributed by atoms with van der Waals surface area (Å²) in [6.45, 7) is 3.40. The summed E-state index contributed by atoms with van der Waals surface area (Å²) in [5, 5.41) is 3.94. The number of nitrogens with one attached hydrogen (secondary N) is 2. The first-order valence-corrected chi connectivity index (χ1v) is 11.4. The molecule has 0 amide bonds. The average Bonchev–Trinajstić information content (AvgIpc) is 3.21. The highest BCUT2D eigenvalue weighted by Crippen LogP contribution is 2.32. The molecule has 0 bridgehead atoms. The topological polar surface area (TPSA) is 53.2 Å². The second-order valence-electron chi connectivity index (χ2n) is 8.71. The maximum Gasteiger partial charge on any atom is 0.416 e. The van der Waals surface area contributed by atoms with Gasteiger partial charge in [0.25, 0.3) is 0 Å². The molecule has 1 fully saturated rings. The zero-order valence-electron chi connectivity index (χ0n) is 19.0. The van der Waals surface area contributed by atoms with E-state index in [1.807, 2.05) is 31.3 Å². The van der Waals surface area contributed by atoms with Crippen molar-refractivity contribution in [1.82, 2.24) is 9.97 Å². The second-order valence-corrected chi connectivity index (χ2v) is 8.71. The van der Waals surface area contributed by atoms with E-state index in [4.69, 9.17) is 4.74 Å². The number of anilines is 3. The van der Waals surface area contributed by atoms with E-state index in [2.05, 4.69) is 20.2 Å². The normalized spacial score (nSPS) is 14.9. The number of ether oxygens (including phenoxy) is 1. The number of H-pyrrole nitrogens is 1. The lowest BCUT2D eigenvalue weighted by atomic mass is 10.1. The predicted molar refractivity (Wildman–Crippen MR) is 128 cm³/mol. The lowest BCUT2D eigenvalue weighted by molar-refractivity contribution is -0.137. The molecule has 1 aliphatic heterocycles. The van der Waals surface area contributed by atoms with Crippen molar-refractivity contribution in [3.63, 3.8) is 0 Å². The standard InChI is InChI=1S/C26H24F4N4O/c1-16-14-32-25(13-23(16)33-18-4-7-21-22(27)15-31-24(21)12-18)34-10-8-20(9-11-34)35-19-5-2-17(3-6-19)26(28,29)30/h2-7,12-15,20,31H,8-11H2,1H3,(H,32,33). The van der Waals surface area contributed by atoms with Crippen molar-refractivity contribution in [2.24, 2.45) is 0 Å². The number of benzene rings is 2. The minimum atomic E-state index is -4.36. The minimum Gasteiger partial charge on any atom is -0.490 e. The minimum absolute atomic E-state index is 0.0704. The molecule has 0 atom stereocenters. The molecule has 35 heavy (non-hydrogen) atoms. The molecule has 0 radical (unpaired) electrons. The van der Waals surface area contributed by atoms with Crippen LogP contribution in [-0.2, 0) is 6.18 Å². The highest BCUT2D eigenvalue weighted by atomic mass is 19.4. The third-order valence-electron chi connectivity index (χ3n) is 6.25. The molecule has 5 rings (SSSR count). The lowest BCUT2D eigenvalue weighted by Crippen LogP contribution is -2.38. The molecule has 3 heterocycles. The Balaban J connectivity index is 1.22. The molecule has 0 spiro atoms. The Morgan fingerprint density at radius 3 is 2.51 bits per heavy atom. The van der Waals surface area contributed by atoms with Crippen LogP contribution >= 0.6 is 0 Å². The van der Waals surface area contributed by atoms with Gasteiger partial charge in [0.1, 0.15) is 23.5 Å². The Morgan fingerprint density at radius 1 is 1.06 bits per heavy atom. The molecule has 2 N–H and O–H groups in total. The van der Waals surface area contributed by atoms with E-state index in [-0.39, 0.29) is 11.9 Å². The van der Waals surface area contributed by atoms with E-state index in [9.17, 15) is 17.6 Å². The number of fused-ring (bicyclic) bond motifs is 1. The Labute approximate surface area is 199 Å². The monoisotopic (exact) mass is 484 g/mol. The number of piperidine rings is 1. The largest absolute Gasteiger partial charge is 0.490 e. The molecule has 4 aromatic rings. The number of hydrogen-bond donors (Lipinski definition) is 2. The molecular weight excluding hydrogens is 460 g/mol. The zero-order valence-corrected chi connectivity index (χ0v) is 19.0. The maximum atomic E-state index is 13.7. The number of alkyl halides is 3. The second kappa shape index (κ2) is 9.13. The van der Waals surface area contributed by atoms with Crippen LogP contribution in [0.2, 0.25) is 0 Å². The van der Waals surface area contributed by atoms with Crippen molar-refractivity contribution in [2.75, 3.05) is 23.3 Å². The first kappa shape index (κ1) is 23.0. The van der Waals surface area contributed by atoms with E-state index < -0.39 is 11.7 Å². The quantitative estimate of drug-likeness (QED) is 0.305. The number of aryl methyl sites for hydroxylation is 1. The van der Waals surface area contributed by atoms with Crippen LogP contribution in [0.3, 0.4) is 0 Å². The van der Waals surface area contributed by atoms with Gasteiger partial charge in [-0.05, 0) is 55.0 Å². The van der Waals surface area contributed by atoms with Crippen LogP contribution in [0, 0.1) is 12.7 Å². The highest BCUT2D eigenvalue weighted by molar-refractivity contribution is 5.84. The van der Waals surface area contributed by atoms with Crippen LogP contribution in [0.15, 0.2) is 60.9 Å². The van der Waals surface area contributed by atoms with Gasteiger partial charge in [0.2, 0.25) is 0 Å². The van der Waals surface area contributed by atoms with Gasteiger partial charge in [-0.15, -0.1) is 0 Å². The number of aromatic nitrogens is 2. The number of rotatable bonds is 5. The highest BCUT2D eigenvalue weighted by Gasteiger charge is 2.30. The summed E-state index contributed by atoms with van der Waals surface area (Å²) >= 11 is 0. The van der Waals surface area contributed by atoms with Gasteiger partial charge in [-0.3, -0.25) is 0 Å². The molecule has 2 aromatic heterocycles. The number of halogens is 4. The van der Waals surface area contributed by atoms with Gasteiger partial charge in [-0.25, -0.2) is 9.37 Å². The van der Waals surface area contributed by atoms with Gasteiger partial charge in [0.05, 0.1) is 11.1 Å². The summed E-state index contributed by atoms with van der Waals surface area (Å²) in [6, 6.07) is 12.2. The van der Waals surface area contributed by atoms with Crippen molar-refractivity contribution in [3.8, 4) is 5.75 Å². The van der Waals surface area contributed by atoms with Gasteiger partial charge in [0.15, 0.2) is 0 Å². The van der Waals surface area contributed by atoms with Crippen molar-refractivity contribution >= 4 is 28.1 Å². The fraction of sp³-hybridized carbons (Fsp3) is 0.269. The van der Waals surface area contributed by atoms with E-state index in [0.717, 1.165) is 53.2 Å². The summed E-state index contributed by atoms with van der Waals surface area (Å²) in [5.41, 5.74) is 2.75. The lowest BCUT2D eigenvalue weighted by Gasteiger charge is -2.33. The van der Waals surface area contributed by atoms with Gasteiger partial charge in [0, 0.05) is 61.2 Å². The molecule has 0 aliphatic carbocycles. The van der Waals surface area contributed by atoms with E-state index in [1.165, 1.54) is 18.3 Å². The van der Waals surface area contributed by atoms with Crippen molar-refractivity contribution in [2.45, 2.75) is 32.0 Å². The Bertz CT molecular complexity index is 1330. The summed E-state index contributed by atoms with van der Waals surface area (Å²) in [6.07, 6.45) is 0.192. The SMILES string of the molecule is Cc1cnc(N2CCC(Oc3ccc(C(F)(F)F)cc3)CC2)cc1Nc1ccc2c(F)c[nH]c2c1. The fourth-order valence-electron chi connectivity index (χ4n) is 4.26. The summed E-state index contributed by atoms with van der Waals surface area (Å²) in [7, 11) is 0. The van der Waals surface area contributed by atoms with Crippen LogP contribution < -0.4 is 15.0 Å². The van der Waals surface area contributed by atoms with Crippen molar-refractivity contribution in [3.05, 3.63) is 77.9 Å².